The van der Waals surface area contributed by atoms with Crippen LogP contribution in [0, 0.1) is 11.7 Å². The highest BCUT2D eigenvalue weighted by Crippen LogP contribution is 2.30. The summed E-state index contributed by atoms with van der Waals surface area (Å²) < 4.78 is 20.7. The third-order valence-electron chi connectivity index (χ3n) is 7.96. The lowest BCUT2D eigenvalue weighted by Gasteiger charge is -2.32. The topological polar surface area (TPSA) is 73.3 Å². The van der Waals surface area contributed by atoms with Gasteiger partial charge >= 0.3 is 0 Å². The van der Waals surface area contributed by atoms with Crippen molar-refractivity contribution >= 4 is 11.8 Å². The summed E-state index contributed by atoms with van der Waals surface area (Å²) in [5.74, 6) is 0.00668. The molecule has 0 aliphatic carbocycles. The normalized spacial score (nSPS) is 19.6. The Bertz CT molecular complexity index is 1150. The number of fused-ring (bicyclic) bond motifs is 2. The summed E-state index contributed by atoms with van der Waals surface area (Å²) in [6.07, 6.45) is 2.42. The second kappa shape index (κ2) is 11.2. The molecule has 0 spiro atoms. The lowest BCUT2D eigenvalue weighted by atomic mass is 9.89. The first kappa shape index (κ1) is 25.7. The maximum atomic E-state index is 15.0. The number of piperidine rings is 1. The van der Waals surface area contributed by atoms with Gasteiger partial charge in [-0.2, -0.15) is 0 Å². The Kier molecular flexibility index (Phi) is 7.76. The highest BCUT2D eigenvalue weighted by atomic mass is 19.1. The summed E-state index contributed by atoms with van der Waals surface area (Å²) in [6.45, 7) is 5.90. The Morgan fingerprint density at radius 3 is 2.62 bits per heavy atom. The highest BCUT2D eigenvalue weighted by Gasteiger charge is 2.29. The molecule has 0 saturated carbocycles. The molecular formula is C29H36FN3O4. The molecule has 0 unspecified atom stereocenters. The summed E-state index contributed by atoms with van der Waals surface area (Å²) in [5, 5.41) is 10.9. The number of likely N-dealkylation sites (tertiary alicyclic amines) is 1. The number of aliphatic hydroxyl groups is 1. The molecule has 1 saturated heterocycles. The van der Waals surface area contributed by atoms with Crippen molar-refractivity contribution in [2.75, 3.05) is 45.9 Å². The van der Waals surface area contributed by atoms with E-state index < -0.39 is 6.10 Å². The molecule has 37 heavy (non-hydrogen) atoms. The molecule has 2 amide bonds. The number of benzene rings is 2. The van der Waals surface area contributed by atoms with E-state index in [-0.39, 0.29) is 42.5 Å². The van der Waals surface area contributed by atoms with E-state index >= 15 is 0 Å². The van der Waals surface area contributed by atoms with Crippen molar-refractivity contribution < 1.29 is 23.8 Å². The number of aliphatic hydroxyl groups excluding tert-OH is 1. The molecule has 1 fully saturated rings. The quantitative estimate of drug-likeness (QED) is 0.649. The Labute approximate surface area is 217 Å². The van der Waals surface area contributed by atoms with Crippen LogP contribution >= 0.6 is 0 Å². The summed E-state index contributed by atoms with van der Waals surface area (Å²) in [5.41, 5.74) is 3.51. The zero-order valence-corrected chi connectivity index (χ0v) is 21.5. The Morgan fingerprint density at radius 2 is 1.86 bits per heavy atom. The second-order valence-corrected chi connectivity index (χ2v) is 10.6. The van der Waals surface area contributed by atoms with Gasteiger partial charge in [-0.05, 0) is 54.4 Å². The van der Waals surface area contributed by atoms with Crippen LogP contribution in [0.25, 0.3) is 0 Å². The van der Waals surface area contributed by atoms with Crippen LogP contribution in [0.3, 0.4) is 0 Å². The Morgan fingerprint density at radius 1 is 1.11 bits per heavy atom. The van der Waals surface area contributed by atoms with Crippen LogP contribution in [0.2, 0.25) is 0 Å². The van der Waals surface area contributed by atoms with Crippen LogP contribution in [0.4, 0.5) is 4.39 Å². The van der Waals surface area contributed by atoms with Crippen molar-refractivity contribution in [3.05, 3.63) is 64.5 Å². The van der Waals surface area contributed by atoms with Gasteiger partial charge in [0.1, 0.15) is 18.2 Å². The van der Waals surface area contributed by atoms with Crippen molar-refractivity contribution in [3.63, 3.8) is 0 Å². The van der Waals surface area contributed by atoms with E-state index in [4.69, 9.17) is 4.74 Å². The standard InChI is InChI=1S/C29H36FN3O4/c1-20(34)32-10-6-21(7-11-32)14-24-15-26-28(16-27(24)30)37-13-12-33(29(26)36)19-25(35)18-31-9-8-22-4-2-3-5-23(22)17-31/h2-5,15-16,21,25,35H,6-14,17-19H2,1H3/t25-/m0/s1. The fourth-order valence-electron chi connectivity index (χ4n) is 5.84. The highest BCUT2D eigenvalue weighted by molar-refractivity contribution is 5.97. The van der Waals surface area contributed by atoms with E-state index in [0.717, 1.165) is 32.4 Å². The van der Waals surface area contributed by atoms with Crippen molar-refractivity contribution in [2.24, 2.45) is 5.92 Å². The minimum absolute atomic E-state index is 0.0739. The number of carbonyl (C=O) groups excluding carboxylic acids is 2. The zero-order chi connectivity index (χ0) is 25.9. The van der Waals surface area contributed by atoms with Gasteiger partial charge in [-0.15, -0.1) is 0 Å². The molecular weight excluding hydrogens is 473 g/mol. The van der Waals surface area contributed by atoms with Gasteiger partial charge < -0.3 is 19.6 Å². The fourth-order valence-corrected chi connectivity index (χ4v) is 5.84. The number of rotatable bonds is 6. The van der Waals surface area contributed by atoms with Gasteiger partial charge in [0.05, 0.1) is 18.2 Å². The van der Waals surface area contributed by atoms with E-state index in [1.54, 1.807) is 17.9 Å². The number of hydrogen-bond donors (Lipinski definition) is 1. The summed E-state index contributed by atoms with van der Waals surface area (Å²) in [6, 6.07) is 11.3. The van der Waals surface area contributed by atoms with E-state index in [1.807, 2.05) is 11.0 Å². The number of halogens is 1. The van der Waals surface area contributed by atoms with Gasteiger partial charge in [-0.25, -0.2) is 4.39 Å². The predicted octanol–water partition coefficient (Wildman–Crippen LogP) is 2.88. The first-order valence-corrected chi connectivity index (χ1v) is 13.3. The number of β-amino-alcohol motifs (C(OH)–C–C–N with tert-alkyl or cyclic N) is 1. The molecule has 0 radical (unpaired) electrons. The number of nitrogens with zero attached hydrogens (tertiary/aromatic N) is 3. The number of amides is 2. The molecule has 2 aromatic carbocycles. The van der Waals surface area contributed by atoms with Crippen LogP contribution in [0.1, 0.15) is 46.8 Å². The lowest BCUT2D eigenvalue weighted by molar-refractivity contribution is -0.130. The maximum Gasteiger partial charge on any atom is 0.257 e. The third-order valence-corrected chi connectivity index (χ3v) is 7.96. The largest absolute Gasteiger partial charge is 0.491 e. The van der Waals surface area contributed by atoms with Crippen LogP contribution in [-0.4, -0.2) is 83.6 Å². The lowest BCUT2D eigenvalue weighted by Crippen LogP contribution is -2.44. The molecule has 3 aliphatic heterocycles. The van der Waals surface area contributed by atoms with Crippen LogP contribution < -0.4 is 4.74 Å². The number of ether oxygens (including phenoxy) is 1. The summed E-state index contributed by atoms with van der Waals surface area (Å²) in [7, 11) is 0. The zero-order valence-electron chi connectivity index (χ0n) is 21.5. The third kappa shape index (κ3) is 5.96. The van der Waals surface area contributed by atoms with Gasteiger partial charge in [0.25, 0.3) is 5.91 Å². The smallest absolute Gasteiger partial charge is 0.257 e. The minimum Gasteiger partial charge on any atom is -0.491 e. The molecule has 2 aromatic rings. The molecule has 7 nitrogen and oxygen atoms in total. The molecule has 0 aromatic heterocycles. The first-order valence-electron chi connectivity index (χ1n) is 13.3. The molecule has 3 heterocycles. The molecule has 8 heteroatoms. The average molecular weight is 510 g/mol. The minimum atomic E-state index is -0.692. The molecule has 1 N–H and O–H groups in total. The van der Waals surface area contributed by atoms with E-state index in [0.29, 0.717) is 43.7 Å². The molecule has 3 aliphatic rings. The van der Waals surface area contributed by atoms with Crippen molar-refractivity contribution in [2.45, 2.75) is 45.3 Å². The van der Waals surface area contributed by atoms with E-state index in [9.17, 15) is 19.1 Å². The monoisotopic (exact) mass is 509 g/mol. The van der Waals surface area contributed by atoms with Crippen molar-refractivity contribution in [1.82, 2.24) is 14.7 Å². The number of carbonyl (C=O) groups is 2. The summed E-state index contributed by atoms with van der Waals surface area (Å²) in [4.78, 5) is 30.7. The van der Waals surface area contributed by atoms with E-state index in [1.165, 1.54) is 17.2 Å². The SMILES string of the molecule is CC(=O)N1CCC(Cc2cc3c(cc2F)OCCN(C[C@@H](O)CN2CCc4ccccc4C2)C3=O)CC1. The van der Waals surface area contributed by atoms with Crippen LogP contribution in [-0.2, 0) is 24.2 Å². The van der Waals surface area contributed by atoms with Crippen molar-refractivity contribution in [3.8, 4) is 5.75 Å². The molecule has 198 valence electrons. The van der Waals surface area contributed by atoms with Crippen LogP contribution in [0.15, 0.2) is 36.4 Å². The van der Waals surface area contributed by atoms with Gasteiger partial charge in [0.15, 0.2) is 0 Å². The van der Waals surface area contributed by atoms with Gasteiger partial charge in [-0.1, -0.05) is 24.3 Å². The average Bonchev–Trinajstić information content (AvgIpc) is 3.03. The number of hydrogen-bond acceptors (Lipinski definition) is 5. The fraction of sp³-hybridized carbons (Fsp3) is 0.517. The Balaban J connectivity index is 1.22. The predicted molar refractivity (Wildman–Crippen MR) is 138 cm³/mol. The molecule has 0 bridgehead atoms. The second-order valence-electron chi connectivity index (χ2n) is 10.6. The Hall–Kier alpha value is -2.97. The molecule has 1 atom stereocenters. The van der Waals surface area contributed by atoms with Gasteiger partial charge in [0.2, 0.25) is 5.91 Å². The van der Waals surface area contributed by atoms with Crippen LogP contribution in [0.5, 0.6) is 5.75 Å². The maximum absolute atomic E-state index is 15.0. The summed E-state index contributed by atoms with van der Waals surface area (Å²) >= 11 is 0. The molecule has 5 rings (SSSR count). The van der Waals surface area contributed by atoms with Crippen molar-refractivity contribution in [1.29, 1.82) is 0 Å². The van der Waals surface area contributed by atoms with Gasteiger partial charge in [0, 0.05) is 52.3 Å². The van der Waals surface area contributed by atoms with Gasteiger partial charge in [-0.3, -0.25) is 14.5 Å². The first-order chi connectivity index (χ1) is 17.9. The van der Waals surface area contributed by atoms with E-state index in [2.05, 4.69) is 23.1 Å².